The van der Waals surface area contributed by atoms with Crippen molar-refractivity contribution in [1.29, 1.82) is 0 Å². The third-order valence-corrected chi connectivity index (χ3v) is 8.91. The maximum absolute atomic E-state index is 11.8. The average Bonchev–Trinajstić information content (AvgIpc) is 3.67. The number of anilines is 1. The minimum atomic E-state index is -0.853. The van der Waals surface area contributed by atoms with Crippen LogP contribution in [0.3, 0.4) is 0 Å². The second-order valence-electron chi connectivity index (χ2n) is 11.9. The molecule has 0 spiro atoms. The predicted octanol–water partition coefficient (Wildman–Crippen LogP) is 8.47. The van der Waals surface area contributed by atoms with Crippen molar-refractivity contribution < 1.29 is 4.79 Å². The molecule has 7 rings (SSSR count). The first kappa shape index (κ1) is 31.4. The quantitative estimate of drug-likeness (QED) is 0.0985. The van der Waals surface area contributed by atoms with Gasteiger partial charge >= 0.3 is 0 Å². The van der Waals surface area contributed by atoms with E-state index in [9.17, 15) is 4.79 Å². The zero-order valence-electron chi connectivity index (χ0n) is 27.3. The van der Waals surface area contributed by atoms with Crippen molar-refractivity contribution in [3.63, 3.8) is 0 Å². The van der Waals surface area contributed by atoms with Gasteiger partial charge in [0.15, 0.2) is 12.1 Å². The molecule has 7 heteroatoms. The van der Waals surface area contributed by atoms with Crippen molar-refractivity contribution >= 4 is 12.1 Å². The summed E-state index contributed by atoms with van der Waals surface area (Å²) in [5.41, 5.74) is 6.99. The van der Waals surface area contributed by atoms with Crippen LogP contribution in [0.15, 0.2) is 158 Å². The molecule has 7 aromatic rings. The van der Waals surface area contributed by atoms with Crippen LogP contribution in [-0.4, -0.2) is 38.0 Å². The molecule has 0 unspecified atom stereocenters. The number of carbonyl (C=O) groups is 1. The maximum Gasteiger partial charge on any atom is 0.184 e. The lowest BCUT2D eigenvalue weighted by atomic mass is 9.77. The molecular formula is C42H36N6O. The average molecular weight is 641 g/mol. The predicted molar refractivity (Wildman–Crippen MR) is 194 cm³/mol. The van der Waals surface area contributed by atoms with Gasteiger partial charge < -0.3 is 4.90 Å². The lowest BCUT2D eigenvalue weighted by Gasteiger charge is -2.36. The number of rotatable bonds is 12. The van der Waals surface area contributed by atoms with Crippen molar-refractivity contribution in [3.05, 3.63) is 186 Å². The van der Waals surface area contributed by atoms with Gasteiger partial charge in [-0.3, -0.25) is 4.79 Å². The van der Waals surface area contributed by atoms with Crippen LogP contribution in [0, 0.1) is 0 Å². The Bertz CT molecular complexity index is 2030. The number of hydrogen-bond donors (Lipinski definition) is 0. The normalized spacial score (nSPS) is 11.3. The topological polar surface area (TPSA) is 76.8 Å². The second-order valence-corrected chi connectivity index (χ2v) is 11.9. The Kier molecular flexibility index (Phi) is 9.15. The highest BCUT2D eigenvalue weighted by molar-refractivity contribution is 5.83. The molecule has 0 aliphatic heterocycles. The van der Waals surface area contributed by atoms with Crippen LogP contribution in [0.1, 0.15) is 46.0 Å². The largest absolute Gasteiger partial charge is 0.352 e. The molecule has 49 heavy (non-hydrogen) atoms. The molecule has 0 atom stereocenters. The number of nitrogens with zero attached hydrogens (tertiary/aromatic N) is 6. The molecule has 240 valence electrons. The second kappa shape index (κ2) is 14.3. The van der Waals surface area contributed by atoms with Crippen LogP contribution in [0.25, 0.3) is 22.5 Å². The third-order valence-electron chi connectivity index (χ3n) is 8.91. The highest BCUT2D eigenvalue weighted by Crippen LogP contribution is 2.43. The Labute approximate surface area is 286 Å². The Hall–Kier alpha value is -6.21. The molecule has 5 aromatic carbocycles. The molecule has 0 N–H and O–H groups in total. The number of aromatic nitrogens is 5. The zero-order valence-corrected chi connectivity index (χ0v) is 27.3. The Morgan fingerprint density at radius 2 is 1.24 bits per heavy atom. The first-order chi connectivity index (χ1) is 24.2. The summed E-state index contributed by atoms with van der Waals surface area (Å²) in [7, 11) is 0. The van der Waals surface area contributed by atoms with Crippen LogP contribution in [0.2, 0.25) is 0 Å². The van der Waals surface area contributed by atoms with Gasteiger partial charge in [-0.2, -0.15) is 0 Å². The lowest BCUT2D eigenvalue weighted by molar-refractivity contribution is 0.112. The van der Waals surface area contributed by atoms with E-state index in [1.165, 1.54) is 0 Å². The van der Waals surface area contributed by atoms with Gasteiger partial charge in [0.1, 0.15) is 11.4 Å². The highest BCUT2D eigenvalue weighted by Gasteiger charge is 2.42. The van der Waals surface area contributed by atoms with Crippen molar-refractivity contribution in [2.75, 3.05) is 11.4 Å². The van der Waals surface area contributed by atoms with Gasteiger partial charge in [-0.15, -0.1) is 5.10 Å². The number of pyridine rings is 1. The van der Waals surface area contributed by atoms with Gasteiger partial charge in [0.25, 0.3) is 0 Å². The molecule has 0 radical (unpaired) electrons. The van der Waals surface area contributed by atoms with Crippen LogP contribution in [0.4, 0.5) is 5.82 Å². The number of benzene rings is 5. The summed E-state index contributed by atoms with van der Waals surface area (Å²) in [6.07, 6.45) is 3.55. The zero-order chi connectivity index (χ0) is 33.5. The maximum atomic E-state index is 11.8. The van der Waals surface area contributed by atoms with Gasteiger partial charge in [0, 0.05) is 24.8 Å². The van der Waals surface area contributed by atoms with Crippen molar-refractivity contribution in [2.24, 2.45) is 0 Å². The summed E-state index contributed by atoms with van der Waals surface area (Å²) in [5, 5.41) is 13.8. The van der Waals surface area contributed by atoms with Gasteiger partial charge in [0.05, 0.1) is 5.56 Å². The van der Waals surface area contributed by atoms with Gasteiger partial charge in [0.2, 0.25) is 0 Å². The fourth-order valence-electron chi connectivity index (χ4n) is 6.72. The van der Waals surface area contributed by atoms with E-state index in [0.717, 1.165) is 58.2 Å². The summed E-state index contributed by atoms with van der Waals surface area (Å²) in [6, 6.07) is 51.7. The SMILES string of the molecule is CCCN(Cc1ccc(-c2ccccc2-c2nnnn2C(c2ccccc2)(c2ccccc2)c2ccccc2)cc1)c1ncccc1C=O. The fraction of sp³-hybridized carbons (Fsp3) is 0.119. The molecule has 0 saturated carbocycles. The van der Waals surface area contributed by atoms with E-state index in [-0.39, 0.29) is 0 Å². The van der Waals surface area contributed by atoms with E-state index in [0.29, 0.717) is 23.8 Å². The van der Waals surface area contributed by atoms with Gasteiger partial charge in [-0.05, 0) is 62.4 Å². The van der Waals surface area contributed by atoms with Crippen molar-refractivity contribution in [3.8, 4) is 22.5 Å². The number of aldehydes is 1. The summed E-state index contributed by atoms with van der Waals surface area (Å²) in [6.45, 7) is 3.56. The van der Waals surface area contributed by atoms with Gasteiger partial charge in [-0.1, -0.05) is 146 Å². The first-order valence-electron chi connectivity index (χ1n) is 16.5. The minimum Gasteiger partial charge on any atom is -0.352 e. The van der Waals surface area contributed by atoms with Gasteiger partial charge in [-0.25, -0.2) is 9.67 Å². The number of tetrazole rings is 1. The molecule has 2 aromatic heterocycles. The highest BCUT2D eigenvalue weighted by atomic mass is 16.1. The third kappa shape index (κ3) is 6.03. The summed E-state index contributed by atoms with van der Waals surface area (Å²) in [5.74, 6) is 1.36. The molecule has 0 aliphatic carbocycles. The van der Waals surface area contributed by atoms with E-state index in [2.05, 4.69) is 131 Å². The molecule has 2 heterocycles. The van der Waals surface area contributed by atoms with E-state index in [1.807, 2.05) is 41.1 Å². The summed E-state index contributed by atoms with van der Waals surface area (Å²) < 4.78 is 1.97. The Morgan fingerprint density at radius 1 is 0.673 bits per heavy atom. The monoisotopic (exact) mass is 640 g/mol. The van der Waals surface area contributed by atoms with E-state index in [4.69, 9.17) is 10.3 Å². The standard InChI is InChI=1S/C42H36N6O/c1-2-29-47(40-34(31-49)15-14-28-43-40)30-32-24-26-33(27-25-32)38-22-12-13-23-39(38)41-44-45-46-48(41)42(35-16-6-3-7-17-35,36-18-8-4-9-19-36)37-20-10-5-11-21-37/h3-28,31H,2,29-30H2,1H3. The fourth-order valence-corrected chi connectivity index (χ4v) is 6.72. The minimum absolute atomic E-state index is 0.594. The molecule has 0 saturated heterocycles. The Morgan fingerprint density at radius 3 is 1.82 bits per heavy atom. The lowest BCUT2D eigenvalue weighted by Crippen LogP contribution is -2.39. The molecule has 0 amide bonds. The Balaban J connectivity index is 1.33. The molecule has 7 nitrogen and oxygen atoms in total. The summed E-state index contributed by atoms with van der Waals surface area (Å²) in [4.78, 5) is 18.5. The summed E-state index contributed by atoms with van der Waals surface area (Å²) >= 11 is 0. The van der Waals surface area contributed by atoms with Crippen LogP contribution in [0.5, 0.6) is 0 Å². The molecular weight excluding hydrogens is 605 g/mol. The van der Waals surface area contributed by atoms with Crippen LogP contribution < -0.4 is 4.90 Å². The van der Waals surface area contributed by atoms with E-state index in [1.54, 1.807) is 12.3 Å². The van der Waals surface area contributed by atoms with Crippen molar-refractivity contribution in [2.45, 2.75) is 25.4 Å². The van der Waals surface area contributed by atoms with E-state index < -0.39 is 5.54 Å². The first-order valence-corrected chi connectivity index (χ1v) is 16.5. The number of carbonyl (C=O) groups excluding carboxylic acids is 1. The number of hydrogen-bond acceptors (Lipinski definition) is 6. The molecule has 0 fully saturated rings. The molecule has 0 aliphatic rings. The van der Waals surface area contributed by atoms with Crippen LogP contribution in [-0.2, 0) is 12.1 Å². The van der Waals surface area contributed by atoms with E-state index >= 15 is 0 Å². The smallest absolute Gasteiger partial charge is 0.184 e. The van der Waals surface area contributed by atoms with Crippen LogP contribution >= 0.6 is 0 Å². The van der Waals surface area contributed by atoms with Crippen molar-refractivity contribution in [1.82, 2.24) is 25.2 Å². The molecule has 0 bridgehead atoms.